The maximum Gasteiger partial charge on any atom is 0.278 e. The van der Waals surface area contributed by atoms with Crippen LogP contribution in [0.1, 0.15) is 25.1 Å². The zero-order chi connectivity index (χ0) is 11.1. The summed E-state index contributed by atoms with van der Waals surface area (Å²) in [6.45, 7) is 0. The molecule has 0 unspecified atom stereocenters. The first-order chi connectivity index (χ1) is 7.72. The van der Waals surface area contributed by atoms with E-state index in [0.717, 1.165) is 24.6 Å². The van der Waals surface area contributed by atoms with Crippen molar-refractivity contribution in [1.82, 2.24) is 19.9 Å². The molecule has 1 fully saturated rings. The first-order valence-electron chi connectivity index (χ1n) is 5.47. The Bertz CT molecular complexity index is 586. The third-order valence-electron chi connectivity index (χ3n) is 2.92. The summed E-state index contributed by atoms with van der Waals surface area (Å²) in [4.78, 5) is 25.2. The van der Waals surface area contributed by atoms with Gasteiger partial charge in [0.1, 0.15) is 5.82 Å². The Balaban J connectivity index is 0.00000108. The molecule has 0 spiro atoms. The van der Waals surface area contributed by atoms with Gasteiger partial charge in [-0.2, -0.15) is 4.98 Å². The van der Waals surface area contributed by atoms with Crippen LogP contribution in [-0.2, 0) is 6.42 Å². The van der Waals surface area contributed by atoms with E-state index in [9.17, 15) is 4.79 Å². The molecule has 1 aliphatic rings. The molecule has 0 amide bonds. The number of nitrogen functional groups attached to an aromatic ring is 1. The van der Waals surface area contributed by atoms with Crippen LogP contribution in [0.4, 0.5) is 5.95 Å². The molecule has 92 valence electrons. The summed E-state index contributed by atoms with van der Waals surface area (Å²) in [5.41, 5.74) is 6.01. The predicted molar refractivity (Wildman–Crippen MR) is 67.2 cm³/mol. The summed E-state index contributed by atoms with van der Waals surface area (Å²) in [6, 6.07) is 0. The van der Waals surface area contributed by atoms with E-state index >= 15 is 0 Å². The van der Waals surface area contributed by atoms with Gasteiger partial charge in [0.25, 0.3) is 5.56 Å². The summed E-state index contributed by atoms with van der Waals surface area (Å²) in [5, 5.41) is 0. The zero-order valence-electron chi connectivity index (χ0n) is 9.19. The highest BCUT2D eigenvalue weighted by Gasteiger charge is 2.21. The van der Waals surface area contributed by atoms with Gasteiger partial charge in [-0.1, -0.05) is 12.8 Å². The van der Waals surface area contributed by atoms with Gasteiger partial charge < -0.3 is 10.7 Å². The smallest absolute Gasteiger partial charge is 0.278 e. The number of anilines is 1. The third-order valence-corrected chi connectivity index (χ3v) is 2.92. The average Bonchev–Trinajstić information content (AvgIpc) is 2.96. The largest absolute Gasteiger partial charge is 0.369 e. The highest BCUT2D eigenvalue weighted by Crippen LogP contribution is 2.33. The number of aromatic amines is 2. The van der Waals surface area contributed by atoms with Gasteiger partial charge >= 0.3 is 0 Å². The Morgan fingerprint density at radius 3 is 2.76 bits per heavy atom. The molecule has 0 bridgehead atoms. The topological polar surface area (TPSA) is 100 Å². The Hall–Kier alpha value is -1.56. The molecular weight excluding hydrogens is 242 g/mol. The van der Waals surface area contributed by atoms with Gasteiger partial charge in [-0.3, -0.25) is 9.78 Å². The first kappa shape index (κ1) is 11.9. The number of aromatic nitrogens is 4. The van der Waals surface area contributed by atoms with E-state index in [1.165, 1.54) is 12.8 Å². The van der Waals surface area contributed by atoms with Crippen molar-refractivity contribution in [3.63, 3.8) is 0 Å². The second kappa shape index (κ2) is 4.37. The molecule has 2 aromatic heterocycles. The Kier molecular flexibility index (Phi) is 3.06. The number of nitrogens with zero attached hydrogens (tertiary/aromatic N) is 2. The summed E-state index contributed by atoms with van der Waals surface area (Å²) in [7, 11) is 0. The number of imidazole rings is 1. The van der Waals surface area contributed by atoms with Crippen LogP contribution in [-0.4, -0.2) is 19.9 Å². The van der Waals surface area contributed by atoms with E-state index in [0.29, 0.717) is 11.2 Å². The van der Waals surface area contributed by atoms with Crippen LogP contribution in [0.25, 0.3) is 11.2 Å². The van der Waals surface area contributed by atoms with Crippen LogP contribution < -0.4 is 11.3 Å². The van der Waals surface area contributed by atoms with E-state index in [2.05, 4.69) is 19.9 Å². The minimum Gasteiger partial charge on any atom is -0.369 e. The van der Waals surface area contributed by atoms with Crippen molar-refractivity contribution < 1.29 is 0 Å². The fraction of sp³-hybridized carbons (Fsp3) is 0.500. The monoisotopic (exact) mass is 255 g/mol. The van der Waals surface area contributed by atoms with Crippen molar-refractivity contribution in [3.8, 4) is 0 Å². The molecule has 4 N–H and O–H groups in total. The van der Waals surface area contributed by atoms with Gasteiger partial charge in [0, 0.05) is 6.42 Å². The van der Waals surface area contributed by atoms with E-state index in [1.807, 2.05) is 0 Å². The number of H-pyrrole nitrogens is 2. The minimum absolute atomic E-state index is 0. The van der Waals surface area contributed by atoms with E-state index in [4.69, 9.17) is 5.73 Å². The molecule has 1 saturated carbocycles. The van der Waals surface area contributed by atoms with Crippen LogP contribution >= 0.6 is 12.4 Å². The Labute approximate surface area is 103 Å². The fourth-order valence-electron chi connectivity index (χ4n) is 1.84. The number of hydrogen-bond acceptors (Lipinski definition) is 4. The number of fused-ring (bicyclic) bond motifs is 1. The standard InChI is InChI=1S/C10H13N5O.ClH/c11-10-14-8-7(9(16)15-10)12-6(13-8)4-3-5-1-2-5;/h5H,1-4H2,(H4,11,12,13,14,15,16);1H. The maximum absolute atomic E-state index is 11.5. The van der Waals surface area contributed by atoms with Crippen molar-refractivity contribution in [2.24, 2.45) is 5.92 Å². The highest BCUT2D eigenvalue weighted by molar-refractivity contribution is 5.85. The summed E-state index contributed by atoms with van der Waals surface area (Å²) >= 11 is 0. The van der Waals surface area contributed by atoms with E-state index in [-0.39, 0.29) is 23.9 Å². The summed E-state index contributed by atoms with van der Waals surface area (Å²) in [5.74, 6) is 1.78. The Morgan fingerprint density at radius 1 is 1.29 bits per heavy atom. The second-order valence-corrected chi connectivity index (χ2v) is 4.32. The first-order valence-corrected chi connectivity index (χ1v) is 5.47. The number of nitrogens with one attached hydrogen (secondary N) is 2. The lowest BCUT2D eigenvalue weighted by Crippen LogP contribution is -2.10. The van der Waals surface area contributed by atoms with Crippen LogP contribution in [0.15, 0.2) is 4.79 Å². The van der Waals surface area contributed by atoms with Crippen molar-refractivity contribution in [3.05, 3.63) is 16.2 Å². The predicted octanol–water partition coefficient (Wildman–Crippen LogP) is 0.993. The van der Waals surface area contributed by atoms with Crippen LogP contribution in [0.5, 0.6) is 0 Å². The molecule has 0 radical (unpaired) electrons. The van der Waals surface area contributed by atoms with Crippen LogP contribution in [0.3, 0.4) is 0 Å². The average molecular weight is 256 g/mol. The van der Waals surface area contributed by atoms with Gasteiger partial charge in [-0.15, -0.1) is 12.4 Å². The number of halogens is 1. The number of hydrogen-bond donors (Lipinski definition) is 3. The minimum atomic E-state index is -0.257. The maximum atomic E-state index is 11.5. The fourth-order valence-corrected chi connectivity index (χ4v) is 1.84. The lowest BCUT2D eigenvalue weighted by Gasteiger charge is -1.92. The molecule has 1 aliphatic carbocycles. The lowest BCUT2D eigenvalue weighted by molar-refractivity contribution is 0.705. The van der Waals surface area contributed by atoms with E-state index in [1.54, 1.807) is 0 Å². The SMILES string of the molecule is Cl.Nc1nc2nc(CCC3CC3)[nH]c2c(=O)[nH]1. The van der Waals surface area contributed by atoms with Crippen molar-refractivity contribution in [2.75, 3.05) is 5.73 Å². The molecule has 0 aliphatic heterocycles. The molecule has 6 nitrogen and oxygen atoms in total. The quantitative estimate of drug-likeness (QED) is 0.761. The molecule has 2 heterocycles. The van der Waals surface area contributed by atoms with Crippen LogP contribution in [0.2, 0.25) is 0 Å². The van der Waals surface area contributed by atoms with Gasteiger partial charge in [0.2, 0.25) is 5.95 Å². The molecule has 17 heavy (non-hydrogen) atoms. The number of nitrogens with two attached hydrogens (primary N) is 1. The van der Waals surface area contributed by atoms with Gasteiger partial charge in [-0.25, -0.2) is 4.98 Å². The molecule has 0 atom stereocenters. The molecule has 2 aromatic rings. The number of rotatable bonds is 3. The lowest BCUT2D eigenvalue weighted by atomic mass is 10.2. The molecule has 3 rings (SSSR count). The van der Waals surface area contributed by atoms with Crippen LogP contribution in [0, 0.1) is 5.92 Å². The zero-order valence-corrected chi connectivity index (χ0v) is 10.0. The normalized spacial score (nSPS) is 14.8. The van der Waals surface area contributed by atoms with Crippen molar-refractivity contribution in [2.45, 2.75) is 25.7 Å². The molecule has 0 saturated heterocycles. The molecule has 0 aromatic carbocycles. The van der Waals surface area contributed by atoms with Crippen molar-refractivity contribution in [1.29, 1.82) is 0 Å². The van der Waals surface area contributed by atoms with Gasteiger partial charge in [0.15, 0.2) is 11.2 Å². The van der Waals surface area contributed by atoms with Gasteiger partial charge in [0.05, 0.1) is 0 Å². The molecule has 7 heteroatoms. The highest BCUT2D eigenvalue weighted by atomic mass is 35.5. The second-order valence-electron chi connectivity index (χ2n) is 4.32. The van der Waals surface area contributed by atoms with Crippen molar-refractivity contribution >= 4 is 29.5 Å². The third kappa shape index (κ3) is 2.41. The number of aryl methyl sites for hydroxylation is 1. The van der Waals surface area contributed by atoms with Gasteiger partial charge in [-0.05, 0) is 12.3 Å². The Morgan fingerprint density at radius 2 is 2.06 bits per heavy atom. The summed E-state index contributed by atoms with van der Waals surface area (Å²) < 4.78 is 0. The summed E-state index contributed by atoms with van der Waals surface area (Å²) in [6.07, 6.45) is 4.66. The van der Waals surface area contributed by atoms with E-state index < -0.39 is 0 Å². The molecular formula is C10H14ClN5O.